The largest absolute Gasteiger partial charge is 0.339 e. The zero-order chi connectivity index (χ0) is 23.7. The molecule has 3 aromatic carbocycles. The average Bonchev–Trinajstić information content (AvgIpc) is 3.39. The lowest BCUT2D eigenvalue weighted by Gasteiger charge is -2.31. The van der Waals surface area contributed by atoms with E-state index in [1.54, 1.807) is 0 Å². The molecule has 172 valence electrons. The van der Waals surface area contributed by atoms with E-state index in [-0.39, 0.29) is 11.8 Å². The molecule has 0 unspecified atom stereocenters. The van der Waals surface area contributed by atoms with Crippen molar-refractivity contribution in [1.82, 2.24) is 4.90 Å². The normalized spacial score (nSPS) is 16.8. The number of fused-ring (bicyclic) bond motifs is 1. The Hall–Kier alpha value is -3.31. The zero-order valence-electron chi connectivity index (χ0n) is 19.6. The number of hydrogen-bond acceptors (Lipinski definition) is 3. The van der Waals surface area contributed by atoms with Gasteiger partial charge < -0.3 is 9.80 Å². The smallest absolute Gasteiger partial charge is 0.265 e. The van der Waals surface area contributed by atoms with Gasteiger partial charge in [-0.15, -0.1) is 0 Å². The molecule has 2 heterocycles. The molecule has 1 fully saturated rings. The maximum Gasteiger partial charge on any atom is 0.265 e. The summed E-state index contributed by atoms with van der Waals surface area (Å²) < 4.78 is 0. The van der Waals surface area contributed by atoms with Gasteiger partial charge in [-0.1, -0.05) is 59.8 Å². The fourth-order valence-electron chi connectivity index (χ4n) is 4.54. The Kier molecular flexibility index (Phi) is 6.29. The first-order chi connectivity index (χ1) is 16.5. The van der Waals surface area contributed by atoms with Gasteiger partial charge in [-0.3, -0.25) is 9.59 Å². The van der Waals surface area contributed by atoms with Crippen molar-refractivity contribution in [3.8, 4) is 0 Å². The van der Waals surface area contributed by atoms with Crippen LogP contribution in [0.1, 0.15) is 45.5 Å². The molecule has 2 aliphatic heterocycles. The van der Waals surface area contributed by atoms with Gasteiger partial charge in [0.1, 0.15) is 0 Å². The summed E-state index contributed by atoms with van der Waals surface area (Å²) in [6.45, 7) is 6.38. The second-order valence-electron chi connectivity index (χ2n) is 9.02. The van der Waals surface area contributed by atoms with Crippen LogP contribution in [-0.2, 0) is 11.3 Å². The summed E-state index contributed by atoms with van der Waals surface area (Å²) in [6, 6.07) is 22.0. The lowest BCUT2D eigenvalue weighted by atomic mass is 10.0. The molecule has 0 atom stereocenters. The molecule has 2 aliphatic rings. The van der Waals surface area contributed by atoms with Crippen molar-refractivity contribution in [2.75, 3.05) is 18.0 Å². The fraction of sp³-hybridized carbons (Fsp3) is 0.241. The molecule has 0 saturated carbocycles. The Balaban J connectivity index is 1.43. The van der Waals surface area contributed by atoms with Gasteiger partial charge in [0, 0.05) is 23.5 Å². The number of nitrogens with zero attached hydrogens (tertiary/aromatic N) is 2. The highest BCUT2D eigenvalue weighted by Crippen LogP contribution is 2.42. The predicted octanol–water partition coefficient (Wildman–Crippen LogP) is 6.22. The fourth-order valence-corrected chi connectivity index (χ4v) is 5.60. The summed E-state index contributed by atoms with van der Waals surface area (Å²) in [5, 5.41) is 0. The lowest BCUT2D eigenvalue weighted by Crippen LogP contribution is -2.34. The predicted molar refractivity (Wildman–Crippen MR) is 139 cm³/mol. The highest BCUT2D eigenvalue weighted by atomic mass is 32.2. The van der Waals surface area contributed by atoms with Crippen LogP contribution >= 0.6 is 11.8 Å². The second-order valence-corrected chi connectivity index (χ2v) is 10.1. The lowest BCUT2D eigenvalue weighted by molar-refractivity contribution is -0.114. The number of likely N-dealkylation sites (tertiary alicyclic amines) is 1. The average molecular weight is 469 g/mol. The number of amides is 2. The van der Waals surface area contributed by atoms with Crippen molar-refractivity contribution in [2.24, 2.45) is 0 Å². The van der Waals surface area contributed by atoms with Crippen LogP contribution in [0.5, 0.6) is 0 Å². The maximum absolute atomic E-state index is 13.6. The molecule has 5 heteroatoms. The quantitative estimate of drug-likeness (QED) is 0.427. The molecule has 2 amide bonds. The molecule has 4 nitrogen and oxygen atoms in total. The van der Waals surface area contributed by atoms with E-state index in [1.807, 2.05) is 58.3 Å². The molecule has 0 N–H and O–H groups in total. The van der Waals surface area contributed by atoms with Crippen molar-refractivity contribution in [1.29, 1.82) is 0 Å². The van der Waals surface area contributed by atoms with E-state index < -0.39 is 0 Å². The number of carbonyl (C=O) groups is 2. The molecule has 34 heavy (non-hydrogen) atoms. The minimum atomic E-state index is 0.00169. The first-order valence-electron chi connectivity index (χ1n) is 11.8. The van der Waals surface area contributed by atoms with Crippen LogP contribution in [0.25, 0.3) is 6.08 Å². The number of hydrogen-bond donors (Lipinski definition) is 0. The minimum absolute atomic E-state index is 0.00169. The first kappa shape index (κ1) is 22.5. The van der Waals surface area contributed by atoms with Crippen LogP contribution in [0, 0.1) is 13.8 Å². The highest BCUT2D eigenvalue weighted by Gasteiger charge is 2.29. The summed E-state index contributed by atoms with van der Waals surface area (Å²) in [5.74, 6) is 0.0928. The van der Waals surface area contributed by atoms with Crippen LogP contribution in [0.2, 0.25) is 0 Å². The van der Waals surface area contributed by atoms with Gasteiger partial charge in [0.2, 0.25) is 0 Å². The third-order valence-corrected chi connectivity index (χ3v) is 7.59. The van der Waals surface area contributed by atoms with Gasteiger partial charge in [0.15, 0.2) is 0 Å². The monoisotopic (exact) mass is 468 g/mol. The van der Waals surface area contributed by atoms with Gasteiger partial charge in [-0.05, 0) is 73.7 Å². The zero-order valence-corrected chi connectivity index (χ0v) is 20.4. The molecule has 1 saturated heterocycles. The van der Waals surface area contributed by atoms with E-state index in [1.165, 1.54) is 22.9 Å². The summed E-state index contributed by atoms with van der Waals surface area (Å²) in [4.78, 5) is 31.8. The number of thioether (sulfide) groups is 1. The Labute approximate surface area is 205 Å². The van der Waals surface area contributed by atoms with E-state index in [4.69, 9.17) is 0 Å². The summed E-state index contributed by atoms with van der Waals surface area (Å²) in [7, 11) is 0. The molecule has 3 aromatic rings. The molecule has 5 rings (SSSR count). The summed E-state index contributed by atoms with van der Waals surface area (Å²) in [6.07, 6.45) is 4.09. The molecule has 0 aliphatic carbocycles. The molecule has 0 aromatic heterocycles. The Morgan fingerprint density at radius 2 is 1.71 bits per heavy atom. The van der Waals surface area contributed by atoms with Crippen LogP contribution < -0.4 is 4.90 Å². The second kappa shape index (κ2) is 9.51. The van der Waals surface area contributed by atoms with E-state index in [0.717, 1.165) is 47.6 Å². The molecular weight excluding hydrogens is 440 g/mol. The number of rotatable bonds is 4. The van der Waals surface area contributed by atoms with E-state index in [2.05, 4.69) is 38.1 Å². The van der Waals surface area contributed by atoms with Gasteiger partial charge in [-0.2, -0.15) is 0 Å². The van der Waals surface area contributed by atoms with Crippen LogP contribution in [-0.4, -0.2) is 29.8 Å². The highest BCUT2D eigenvalue weighted by molar-refractivity contribution is 8.04. The Morgan fingerprint density at radius 1 is 0.971 bits per heavy atom. The molecular formula is C29H28N2O2S. The number of aryl methyl sites for hydroxylation is 2. The van der Waals surface area contributed by atoms with Gasteiger partial charge >= 0.3 is 0 Å². The Bertz CT molecular complexity index is 1270. The van der Waals surface area contributed by atoms with Crippen molar-refractivity contribution < 1.29 is 9.59 Å². The van der Waals surface area contributed by atoms with Crippen LogP contribution in [0.4, 0.5) is 5.69 Å². The third kappa shape index (κ3) is 4.53. The van der Waals surface area contributed by atoms with Crippen molar-refractivity contribution >= 4 is 35.3 Å². The minimum Gasteiger partial charge on any atom is -0.339 e. The number of benzene rings is 3. The van der Waals surface area contributed by atoms with E-state index >= 15 is 0 Å². The topological polar surface area (TPSA) is 40.6 Å². The number of para-hydroxylation sites is 1. The number of carbonyl (C=O) groups excluding carboxylic acids is 2. The summed E-state index contributed by atoms with van der Waals surface area (Å²) in [5.41, 5.74) is 6.08. The van der Waals surface area contributed by atoms with E-state index in [9.17, 15) is 9.59 Å². The Morgan fingerprint density at radius 3 is 2.47 bits per heavy atom. The van der Waals surface area contributed by atoms with Gasteiger partial charge in [-0.25, -0.2) is 0 Å². The molecule has 0 spiro atoms. The third-order valence-electron chi connectivity index (χ3n) is 6.51. The van der Waals surface area contributed by atoms with E-state index in [0.29, 0.717) is 17.0 Å². The SMILES string of the molecule is Cc1ccc(C)c(CN2C(=O)/C(=C\c3ccc(C(=O)N4CCCC4)cc3)Sc3ccccc32)c1. The first-order valence-corrected chi connectivity index (χ1v) is 12.6. The van der Waals surface area contributed by atoms with Gasteiger partial charge in [0.25, 0.3) is 11.8 Å². The van der Waals surface area contributed by atoms with Crippen LogP contribution in [0.3, 0.4) is 0 Å². The molecule has 0 bridgehead atoms. The summed E-state index contributed by atoms with van der Waals surface area (Å²) >= 11 is 1.51. The van der Waals surface area contributed by atoms with Crippen molar-refractivity contribution in [2.45, 2.75) is 38.1 Å². The van der Waals surface area contributed by atoms with Gasteiger partial charge in [0.05, 0.1) is 17.1 Å². The standard InChI is InChI=1S/C29H28N2O2S/c1-20-9-10-21(2)24(17-20)19-31-25-7-3-4-8-26(25)34-27(29(31)33)18-22-11-13-23(14-12-22)28(32)30-15-5-6-16-30/h3-4,7-14,17-18H,5-6,15-16,19H2,1-2H3/b27-18+. The van der Waals surface area contributed by atoms with Crippen molar-refractivity contribution in [3.63, 3.8) is 0 Å². The van der Waals surface area contributed by atoms with Crippen LogP contribution in [0.15, 0.2) is 76.5 Å². The maximum atomic E-state index is 13.6. The van der Waals surface area contributed by atoms with Crippen molar-refractivity contribution in [3.05, 3.63) is 99.5 Å². The number of anilines is 1. The molecule has 0 radical (unpaired) electrons.